The van der Waals surface area contributed by atoms with Crippen molar-refractivity contribution in [2.75, 3.05) is 11.9 Å². The lowest BCUT2D eigenvalue weighted by molar-refractivity contribution is 0.0957. The van der Waals surface area contributed by atoms with Gasteiger partial charge in [0.05, 0.1) is 17.2 Å². The first-order valence-corrected chi connectivity index (χ1v) is 8.81. The van der Waals surface area contributed by atoms with Crippen LogP contribution in [0.3, 0.4) is 0 Å². The van der Waals surface area contributed by atoms with Crippen molar-refractivity contribution < 1.29 is 18.3 Å². The SMILES string of the molecule is Cc1cccc(COc2ccc(F)c(C(=O)C3CNc4ncccc43)c2F)n1. The minimum Gasteiger partial charge on any atom is -0.484 e. The van der Waals surface area contributed by atoms with Gasteiger partial charge in [0.15, 0.2) is 17.3 Å². The third kappa shape index (κ3) is 3.31. The molecule has 0 spiro atoms. The van der Waals surface area contributed by atoms with E-state index in [2.05, 4.69) is 15.3 Å². The summed E-state index contributed by atoms with van der Waals surface area (Å²) in [6, 6.07) is 11.0. The van der Waals surface area contributed by atoms with Gasteiger partial charge < -0.3 is 10.1 Å². The van der Waals surface area contributed by atoms with Crippen molar-refractivity contribution in [3.05, 3.63) is 82.8 Å². The Hall–Kier alpha value is -3.35. The second-order valence-electron chi connectivity index (χ2n) is 6.53. The zero-order chi connectivity index (χ0) is 19.7. The predicted molar refractivity (Wildman–Crippen MR) is 99.5 cm³/mol. The molecule has 0 bridgehead atoms. The molecule has 0 saturated heterocycles. The number of hydrogen-bond donors (Lipinski definition) is 1. The number of carbonyl (C=O) groups is 1. The van der Waals surface area contributed by atoms with Gasteiger partial charge in [-0.2, -0.15) is 0 Å². The van der Waals surface area contributed by atoms with Crippen LogP contribution in [0.1, 0.15) is 33.2 Å². The number of aryl methyl sites for hydroxylation is 1. The largest absolute Gasteiger partial charge is 0.484 e. The highest BCUT2D eigenvalue weighted by molar-refractivity contribution is 6.03. The number of aromatic nitrogens is 2. The van der Waals surface area contributed by atoms with E-state index in [9.17, 15) is 13.6 Å². The molecule has 1 unspecified atom stereocenters. The van der Waals surface area contributed by atoms with Crippen LogP contribution in [0, 0.1) is 18.6 Å². The molecule has 0 amide bonds. The van der Waals surface area contributed by atoms with Gasteiger partial charge in [-0.25, -0.2) is 13.8 Å². The fourth-order valence-electron chi connectivity index (χ4n) is 3.27. The second-order valence-corrected chi connectivity index (χ2v) is 6.53. The number of pyridine rings is 2. The second kappa shape index (κ2) is 7.34. The highest BCUT2D eigenvalue weighted by Crippen LogP contribution is 2.34. The molecule has 0 aliphatic carbocycles. The lowest BCUT2D eigenvalue weighted by Crippen LogP contribution is -2.18. The number of rotatable bonds is 5. The van der Waals surface area contributed by atoms with Crippen LogP contribution in [0.25, 0.3) is 0 Å². The fourth-order valence-corrected chi connectivity index (χ4v) is 3.27. The number of ketones is 1. The van der Waals surface area contributed by atoms with Gasteiger partial charge in [-0.15, -0.1) is 0 Å². The molecule has 1 N–H and O–H groups in total. The molecule has 0 saturated carbocycles. The maximum Gasteiger partial charge on any atom is 0.178 e. The molecule has 1 aliphatic heterocycles. The van der Waals surface area contributed by atoms with Crippen molar-refractivity contribution in [1.82, 2.24) is 9.97 Å². The summed E-state index contributed by atoms with van der Waals surface area (Å²) in [5.74, 6) is -2.91. The van der Waals surface area contributed by atoms with Crippen LogP contribution in [0.15, 0.2) is 48.7 Å². The molecular formula is C21H17F2N3O2. The van der Waals surface area contributed by atoms with E-state index in [-0.39, 0.29) is 18.9 Å². The highest BCUT2D eigenvalue weighted by atomic mass is 19.1. The Bertz CT molecular complexity index is 1060. The Morgan fingerprint density at radius 3 is 2.89 bits per heavy atom. The molecule has 0 radical (unpaired) electrons. The molecule has 7 heteroatoms. The Kier molecular flexibility index (Phi) is 4.73. The summed E-state index contributed by atoms with van der Waals surface area (Å²) in [4.78, 5) is 21.3. The van der Waals surface area contributed by atoms with Crippen LogP contribution < -0.4 is 10.1 Å². The molecule has 142 valence electrons. The average Bonchev–Trinajstić information content (AvgIpc) is 3.11. The monoisotopic (exact) mass is 381 g/mol. The van der Waals surface area contributed by atoms with Crippen molar-refractivity contribution in [3.8, 4) is 5.75 Å². The van der Waals surface area contributed by atoms with Crippen LogP contribution in [0.4, 0.5) is 14.6 Å². The van der Waals surface area contributed by atoms with E-state index in [1.54, 1.807) is 24.4 Å². The number of hydrogen-bond acceptors (Lipinski definition) is 5. The van der Waals surface area contributed by atoms with E-state index >= 15 is 0 Å². The summed E-state index contributed by atoms with van der Waals surface area (Å²) < 4.78 is 34.8. The maximum atomic E-state index is 15.0. The van der Waals surface area contributed by atoms with Crippen molar-refractivity contribution in [2.45, 2.75) is 19.4 Å². The van der Waals surface area contributed by atoms with Crippen molar-refractivity contribution in [3.63, 3.8) is 0 Å². The van der Waals surface area contributed by atoms with Crippen LogP contribution in [-0.4, -0.2) is 22.3 Å². The molecule has 28 heavy (non-hydrogen) atoms. The van der Waals surface area contributed by atoms with Crippen molar-refractivity contribution in [1.29, 1.82) is 0 Å². The molecule has 1 aromatic carbocycles. The van der Waals surface area contributed by atoms with E-state index in [0.29, 0.717) is 17.1 Å². The number of nitrogens with one attached hydrogen (secondary N) is 1. The van der Waals surface area contributed by atoms with Gasteiger partial charge in [0.2, 0.25) is 0 Å². The predicted octanol–water partition coefficient (Wildman–Crippen LogP) is 4.03. The lowest BCUT2D eigenvalue weighted by atomic mass is 9.92. The number of anilines is 1. The first-order valence-electron chi connectivity index (χ1n) is 8.81. The molecule has 3 heterocycles. The third-order valence-corrected chi connectivity index (χ3v) is 4.63. The molecule has 4 rings (SSSR count). The molecular weight excluding hydrogens is 364 g/mol. The Morgan fingerprint density at radius 2 is 2.07 bits per heavy atom. The Morgan fingerprint density at radius 1 is 1.21 bits per heavy atom. The normalized spacial score (nSPS) is 15.0. The van der Waals surface area contributed by atoms with Gasteiger partial charge in [0.1, 0.15) is 18.2 Å². The summed E-state index contributed by atoms with van der Waals surface area (Å²) >= 11 is 0. The van der Waals surface area contributed by atoms with Crippen molar-refractivity contribution >= 4 is 11.6 Å². The smallest absolute Gasteiger partial charge is 0.178 e. The quantitative estimate of drug-likeness (QED) is 0.676. The number of benzene rings is 1. The van der Waals surface area contributed by atoms with Gasteiger partial charge in [-0.1, -0.05) is 12.1 Å². The number of nitrogens with zero attached hydrogens (tertiary/aromatic N) is 2. The zero-order valence-electron chi connectivity index (χ0n) is 15.1. The first kappa shape index (κ1) is 18.0. The maximum absolute atomic E-state index is 15.0. The minimum absolute atomic E-state index is 0.00952. The van der Waals surface area contributed by atoms with Gasteiger partial charge in [0, 0.05) is 24.0 Å². The van der Waals surface area contributed by atoms with E-state index in [1.165, 1.54) is 6.07 Å². The highest BCUT2D eigenvalue weighted by Gasteiger charge is 2.34. The molecule has 1 atom stereocenters. The van der Waals surface area contributed by atoms with E-state index in [1.807, 2.05) is 19.1 Å². The summed E-state index contributed by atoms with van der Waals surface area (Å²) in [5.41, 5.74) is 1.44. The van der Waals surface area contributed by atoms with E-state index < -0.39 is 28.9 Å². The third-order valence-electron chi connectivity index (χ3n) is 4.63. The zero-order valence-corrected chi connectivity index (χ0v) is 15.1. The Balaban J connectivity index is 1.61. The van der Waals surface area contributed by atoms with E-state index in [0.717, 1.165) is 11.8 Å². The molecule has 5 nitrogen and oxygen atoms in total. The van der Waals surface area contributed by atoms with Crippen LogP contribution in [0.2, 0.25) is 0 Å². The number of ether oxygens (including phenoxy) is 1. The topological polar surface area (TPSA) is 64.1 Å². The standard InChI is InChI=1S/C21H17F2N3O2/c1-12-4-2-5-13(26-12)11-28-17-8-7-16(22)18(19(17)23)20(27)15-10-25-21-14(15)6-3-9-24-21/h2-9,15H,10-11H2,1H3,(H,24,25). The number of fused-ring (bicyclic) bond motifs is 1. The molecule has 0 fully saturated rings. The lowest BCUT2D eigenvalue weighted by Gasteiger charge is -2.13. The number of Topliss-reactive ketones (excluding diaryl/α,β-unsaturated/α-hetero) is 1. The van der Waals surface area contributed by atoms with Gasteiger partial charge in [0.25, 0.3) is 0 Å². The van der Waals surface area contributed by atoms with Crippen LogP contribution in [-0.2, 0) is 6.61 Å². The van der Waals surface area contributed by atoms with Crippen LogP contribution >= 0.6 is 0 Å². The number of halogens is 2. The molecule has 1 aliphatic rings. The Labute approximate surface area is 160 Å². The van der Waals surface area contributed by atoms with Gasteiger partial charge in [-0.3, -0.25) is 9.78 Å². The summed E-state index contributed by atoms with van der Waals surface area (Å²) in [7, 11) is 0. The van der Waals surface area contributed by atoms with E-state index in [4.69, 9.17) is 4.74 Å². The van der Waals surface area contributed by atoms with Crippen molar-refractivity contribution in [2.24, 2.45) is 0 Å². The molecule has 2 aromatic heterocycles. The fraction of sp³-hybridized carbons (Fsp3) is 0.190. The van der Waals surface area contributed by atoms with Gasteiger partial charge >= 0.3 is 0 Å². The van der Waals surface area contributed by atoms with Gasteiger partial charge in [-0.05, 0) is 37.3 Å². The average molecular weight is 381 g/mol. The summed E-state index contributed by atoms with van der Waals surface area (Å²) in [6.45, 7) is 2.08. The summed E-state index contributed by atoms with van der Waals surface area (Å²) in [5, 5.41) is 2.99. The van der Waals surface area contributed by atoms with Crippen LogP contribution in [0.5, 0.6) is 5.75 Å². The minimum atomic E-state index is -1.00. The number of carbonyl (C=O) groups excluding carboxylic acids is 1. The summed E-state index contributed by atoms with van der Waals surface area (Å²) in [6.07, 6.45) is 1.59. The molecule has 3 aromatic rings. The first-order chi connectivity index (χ1) is 13.5.